The fourth-order valence-electron chi connectivity index (χ4n) is 1.25. The van der Waals surface area contributed by atoms with E-state index in [-0.39, 0.29) is 0 Å². The maximum absolute atomic E-state index is 4.31. The molecule has 1 N–H and O–H groups in total. The number of thiazole rings is 1. The largest absolute Gasteiger partial charge is 0.307 e. The molecule has 14 heavy (non-hydrogen) atoms. The van der Waals surface area contributed by atoms with Crippen molar-refractivity contribution in [3.8, 4) is 11.8 Å². The van der Waals surface area contributed by atoms with Crippen LogP contribution in [-0.2, 0) is 0 Å². The van der Waals surface area contributed by atoms with E-state index < -0.39 is 0 Å². The molecule has 0 saturated heterocycles. The lowest BCUT2D eigenvalue weighted by Crippen LogP contribution is -2.21. The summed E-state index contributed by atoms with van der Waals surface area (Å²) in [6.45, 7) is 4.99. The quantitative estimate of drug-likeness (QED) is 0.594. The van der Waals surface area contributed by atoms with Crippen LogP contribution in [0.5, 0.6) is 0 Å². The number of hydrogen-bond acceptors (Lipinski definition) is 3. The molecule has 0 aliphatic carbocycles. The fraction of sp³-hybridized carbons (Fsp3) is 0.545. The normalized spacial score (nSPS) is 11.9. The predicted molar refractivity (Wildman–Crippen MR) is 61.2 cm³/mol. The van der Waals surface area contributed by atoms with Gasteiger partial charge in [-0.3, -0.25) is 0 Å². The highest BCUT2D eigenvalue weighted by atomic mass is 32.1. The first kappa shape index (κ1) is 11.2. The van der Waals surface area contributed by atoms with Gasteiger partial charge in [-0.05, 0) is 13.3 Å². The van der Waals surface area contributed by atoms with E-state index in [1.807, 2.05) is 18.5 Å². The minimum atomic E-state index is 0.397. The molecule has 76 valence electrons. The Morgan fingerprint density at radius 3 is 3.07 bits per heavy atom. The molecular formula is C11H16N2S. The Labute approximate surface area is 89.8 Å². The van der Waals surface area contributed by atoms with Crippen molar-refractivity contribution in [2.75, 3.05) is 6.54 Å². The van der Waals surface area contributed by atoms with Crippen molar-refractivity contribution in [1.29, 1.82) is 0 Å². The molecular weight excluding hydrogens is 192 g/mol. The highest BCUT2D eigenvalue weighted by molar-refractivity contribution is 7.09. The van der Waals surface area contributed by atoms with Gasteiger partial charge in [-0.25, -0.2) is 4.98 Å². The van der Waals surface area contributed by atoms with Gasteiger partial charge < -0.3 is 5.32 Å². The highest BCUT2D eigenvalue weighted by Crippen LogP contribution is 2.18. The molecule has 1 rings (SSSR count). The third-order valence-electron chi connectivity index (χ3n) is 1.98. The van der Waals surface area contributed by atoms with Crippen molar-refractivity contribution in [2.45, 2.75) is 32.7 Å². The van der Waals surface area contributed by atoms with Gasteiger partial charge in [0.05, 0.1) is 6.04 Å². The third kappa shape index (κ3) is 3.49. The van der Waals surface area contributed by atoms with E-state index in [4.69, 9.17) is 0 Å². The number of hydrogen-bond donors (Lipinski definition) is 1. The zero-order valence-electron chi connectivity index (χ0n) is 8.71. The van der Waals surface area contributed by atoms with Crippen LogP contribution in [0.2, 0.25) is 0 Å². The molecule has 0 bridgehead atoms. The molecule has 0 saturated carbocycles. The summed E-state index contributed by atoms with van der Waals surface area (Å²) in [6.07, 6.45) is 3.85. The Morgan fingerprint density at radius 1 is 1.64 bits per heavy atom. The number of aromatic nitrogens is 1. The highest BCUT2D eigenvalue weighted by Gasteiger charge is 2.09. The standard InChI is InChI=1S/C11H16N2S/c1-3-5-6-7-12-10(4-2)11-13-8-9-14-11/h8-10,12H,4,6-7H2,1-2H3. The van der Waals surface area contributed by atoms with E-state index in [1.54, 1.807) is 11.3 Å². The van der Waals surface area contributed by atoms with Crippen LogP contribution in [0.1, 0.15) is 37.7 Å². The van der Waals surface area contributed by atoms with Crippen molar-refractivity contribution >= 4 is 11.3 Å². The summed E-state index contributed by atoms with van der Waals surface area (Å²) >= 11 is 1.71. The summed E-state index contributed by atoms with van der Waals surface area (Å²) < 4.78 is 0. The van der Waals surface area contributed by atoms with Gasteiger partial charge in [0, 0.05) is 24.5 Å². The molecule has 2 nitrogen and oxygen atoms in total. The maximum atomic E-state index is 4.31. The van der Waals surface area contributed by atoms with Crippen molar-refractivity contribution in [3.63, 3.8) is 0 Å². The van der Waals surface area contributed by atoms with E-state index in [9.17, 15) is 0 Å². The van der Waals surface area contributed by atoms with Gasteiger partial charge in [-0.15, -0.1) is 23.2 Å². The Hall–Kier alpha value is -0.850. The summed E-state index contributed by atoms with van der Waals surface area (Å²) in [5.74, 6) is 5.93. The Balaban J connectivity index is 2.35. The third-order valence-corrected chi connectivity index (χ3v) is 2.86. The summed E-state index contributed by atoms with van der Waals surface area (Å²) in [7, 11) is 0. The van der Waals surface area contributed by atoms with Crippen molar-refractivity contribution in [1.82, 2.24) is 10.3 Å². The Bertz CT molecular complexity index is 295. The molecule has 0 aromatic carbocycles. The summed E-state index contributed by atoms with van der Waals surface area (Å²) in [5.41, 5.74) is 0. The lowest BCUT2D eigenvalue weighted by atomic mass is 10.2. The minimum absolute atomic E-state index is 0.397. The minimum Gasteiger partial charge on any atom is -0.307 e. The van der Waals surface area contributed by atoms with E-state index in [1.165, 1.54) is 5.01 Å². The van der Waals surface area contributed by atoms with Crippen molar-refractivity contribution in [3.05, 3.63) is 16.6 Å². The molecule has 1 aromatic rings. The van der Waals surface area contributed by atoms with Crippen LogP contribution in [0.3, 0.4) is 0 Å². The van der Waals surface area contributed by atoms with Crippen LogP contribution < -0.4 is 5.32 Å². The molecule has 3 heteroatoms. The van der Waals surface area contributed by atoms with Gasteiger partial charge in [0.25, 0.3) is 0 Å². The van der Waals surface area contributed by atoms with Gasteiger partial charge in [0.15, 0.2) is 0 Å². The van der Waals surface area contributed by atoms with E-state index in [0.29, 0.717) is 6.04 Å². The molecule has 0 aliphatic rings. The van der Waals surface area contributed by atoms with E-state index in [2.05, 4.69) is 29.1 Å². The van der Waals surface area contributed by atoms with Gasteiger partial charge >= 0.3 is 0 Å². The number of nitrogens with one attached hydrogen (secondary N) is 1. The molecule has 0 aliphatic heterocycles. The van der Waals surface area contributed by atoms with Crippen LogP contribution in [0.25, 0.3) is 0 Å². The van der Waals surface area contributed by atoms with Crippen LogP contribution in [-0.4, -0.2) is 11.5 Å². The average Bonchev–Trinajstić information content (AvgIpc) is 2.71. The first-order valence-electron chi connectivity index (χ1n) is 4.90. The smallest absolute Gasteiger partial charge is 0.109 e. The molecule has 1 unspecified atom stereocenters. The van der Waals surface area contributed by atoms with Gasteiger partial charge in [0.2, 0.25) is 0 Å². The number of rotatable bonds is 5. The van der Waals surface area contributed by atoms with E-state index in [0.717, 1.165) is 19.4 Å². The number of nitrogens with zero attached hydrogens (tertiary/aromatic N) is 1. The summed E-state index contributed by atoms with van der Waals surface area (Å²) in [4.78, 5) is 4.31. The zero-order valence-corrected chi connectivity index (χ0v) is 9.53. The van der Waals surface area contributed by atoms with Crippen molar-refractivity contribution in [2.24, 2.45) is 0 Å². The summed E-state index contributed by atoms with van der Waals surface area (Å²) in [5, 5.41) is 6.65. The second kappa shape index (κ2) is 6.58. The average molecular weight is 208 g/mol. The van der Waals surface area contributed by atoms with Gasteiger partial charge in [-0.1, -0.05) is 6.92 Å². The van der Waals surface area contributed by atoms with Crippen LogP contribution >= 0.6 is 11.3 Å². The van der Waals surface area contributed by atoms with Crippen LogP contribution in [0, 0.1) is 11.8 Å². The van der Waals surface area contributed by atoms with E-state index >= 15 is 0 Å². The first-order chi connectivity index (χ1) is 6.88. The molecule has 0 spiro atoms. The Morgan fingerprint density at radius 2 is 2.50 bits per heavy atom. The molecule has 0 fully saturated rings. The SMILES string of the molecule is CC#CCCNC(CC)c1nccs1. The van der Waals surface area contributed by atoms with Gasteiger partial charge in [-0.2, -0.15) is 0 Å². The lowest BCUT2D eigenvalue weighted by Gasteiger charge is -2.12. The van der Waals surface area contributed by atoms with Crippen molar-refractivity contribution < 1.29 is 0 Å². The zero-order chi connectivity index (χ0) is 10.2. The van der Waals surface area contributed by atoms with Gasteiger partial charge in [0.1, 0.15) is 5.01 Å². The van der Waals surface area contributed by atoms with Crippen LogP contribution in [0.4, 0.5) is 0 Å². The fourth-order valence-corrected chi connectivity index (χ4v) is 2.04. The summed E-state index contributed by atoms with van der Waals surface area (Å²) in [6, 6.07) is 0.397. The lowest BCUT2D eigenvalue weighted by molar-refractivity contribution is 0.525. The predicted octanol–water partition coefficient (Wildman–Crippen LogP) is 2.60. The second-order valence-electron chi connectivity index (χ2n) is 2.96. The monoisotopic (exact) mass is 208 g/mol. The molecule has 0 radical (unpaired) electrons. The first-order valence-corrected chi connectivity index (χ1v) is 5.78. The molecule has 1 atom stereocenters. The second-order valence-corrected chi connectivity index (χ2v) is 3.89. The van der Waals surface area contributed by atoms with Crippen LogP contribution in [0.15, 0.2) is 11.6 Å². The maximum Gasteiger partial charge on any atom is 0.109 e. The topological polar surface area (TPSA) is 24.9 Å². The molecule has 0 amide bonds. The molecule has 1 heterocycles. The Kier molecular flexibility index (Phi) is 5.28. The molecule has 1 aromatic heterocycles.